The van der Waals surface area contributed by atoms with E-state index in [0.29, 0.717) is 42.4 Å². The van der Waals surface area contributed by atoms with E-state index in [4.69, 9.17) is 9.52 Å². The van der Waals surface area contributed by atoms with Gasteiger partial charge in [0.05, 0.1) is 23.4 Å². The minimum absolute atomic E-state index is 0.130. The van der Waals surface area contributed by atoms with E-state index in [1.54, 1.807) is 16.8 Å². The Hall–Kier alpha value is -3.89. The summed E-state index contributed by atoms with van der Waals surface area (Å²) in [7, 11) is -3.29. The number of rotatable bonds is 5. The van der Waals surface area contributed by atoms with Crippen LogP contribution in [0.5, 0.6) is 0 Å². The topological polar surface area (TPSA) is 94.1 Å². The summed E-state index contributed by atoms with van der Waals surface area (Å²) in [5, 5.41) is 5.56. The van der Waals surface area contributed by atoms with Crippen LogP contribution in [0.4, 0.5) is 4.39 Å². The Balaban J connectivity index is 1.49. The van der Waals surface area contributed by atoms with Crippen molar-refractivity contribution >= 4 is 21.1 Å². The van der Waals surface area contributed by atoms with Crippen molar-refractivity contribution in [1.82, 2.24) is 24.1 Å². The summed E-state index contributed by atoms with van der Waals surface area (Å²) in [5.41, 5.74) is 4.07. The van der Waals surface area contributed by atoms with E-state index in [1.807, 2.05) is 42.6 Å². The summed E-state index contributed by atoms with van der Waals surface area (Å²) in [6, 6.07) is 17.6. The number of fused-ring (bicyclic) bond motifs is 1. The molecule has 0 radical (unpaired) electrons. The lowest BCUT2D eigenvalue weighted by molar-refractivity contribution is 0.438. The van der Waals surface area contributed by atoms with Crippen LogP contribution >= 0.6 is 0 Å². The number of hydrogen-bond acceptors (Lipinski definition) is 6. The van der Waals surface area contributed by atoms with E-state index in [1.165, 1.54) is 29.0 Å². The summed E-state index contributed by atoms with van der Waals surface area (Å²) in [6.45, 7) is 0.774. The van der Waals surface area contributed by atoms with E-state index in [2.05, 4.69) is 9.97 Å². The molecule has 4 heterocycles. The molecule has 0 saturated carbocycles. The summed E-state index contributed by atoms with van der Waals surface area (Å²) in [4.78, 5) is 8.90. The highest BCUT2D eigenvalue weighted by atomic mass is 32.2. The molecule has 0 amide bonds. The fraction of sp³-hybridized carbons (Fsp3) is 0.192. The number of halogens is 1. The smallest absolute Gasteiger partial charge is 0.230 e. The van der Waals surface area contributed by atoms with E-state index < -0.39 is 10.0 Å². The number of benzene rings is 2. The zero-order chi connectivity index (χ0) is 24.9. The highest BCUT2D eigenvalue weighted by Gasteiger charge is 2.31. The minimum Gasteiger partial charge on any atom is -0.438 e. The van der Waals surface area contributed by atoms with E-state index >= 15 is 0 Å². The second-order valence-electron chi connectivity index (χ2n) is 8.86. The summed E-state index contributed by atoms with van der Waals surface area (Å²) in [6.07, 6.45) is 5.18. The van der Waals surface area contributed by atoms with Crippen LogP contribution in [0.1, 0.15) is 12.5 Å². The standard InChI is InChI=1S/C26H22FN5O3S/c1-36(33,34)31-12-11-20(14-31)32-15-22(24(30-32)18-7-9-19(27)10-8-18)25-21-13-23(17-5-3-2-4-6-17)35-26(21)29-16-28-25/h2-10,13,15-16,20H,11-12,14H2,1H3/t20-/m1/s1. The molecule has 1 aliphatic heterocycles. The van der Waals surface area contributed by atoms with Crippen molar-refractivity contribution in [3.63, 3.8) is 0 Å². The SMILES string of the molecule is CS(=O)(=O)N1CC[C@@H](n2cc(-c3ncnc4oc(-c5ccccc5)cc34)c(-c3ccc(F)cc3)n2)C1. The van der Waals surface area contributed by atoms with Crippen LogP contribution in [0.15, 0.2) is 77.6 Å². The van der Waals surface area contributed by atoms with Gasteiger partial charge >= 0.3 is 0 Å². The fourth-order valence-corrected chi connectivity index (χ4v) is 5.50. The number of sulfonamides is 1. The summed E-state index contributed by atoms with van der Waals surface area (Å²) >= 11 is 0. The molecular formula is C26H22FN5O3S. The van der Waals surface area contributed by atoms with E-state index in [0.717, 1.165) is 22.1 Å². The Bertz CT molecular complexity index is 1660. The molecular weight excluding hydrogens is 481 g/mol. The van der Waals surface area contributed by atoms with Gasteiger partial charge in [0.25, 0.3) is 0 Å². The monoisotopic (exact) mass is 503 g/mol. The predicted molar refractivity (Wildman–Crippen MR) is 134 cm³/mol. The zero-order valence-corrected chi connectivity index (χ0v) is 20.2. The van der Waals surface area contributed by atoms with E-state index in [-0.39, 0.29) is 11.9 Å². The first-order valence-electron chi connectivity index (χ1n) is 11.5. The van der Waals surface area contributed by atoms with Crippen molar-refractivity contribution in [3.8, 4) is 33.8 Å². The molecule has 1 saturated heterocycles. The molecule has 0 bridgehead atoms. The van der Waals surface area contributed by atoms with Crippen LogP contribution in [0.3, 0.4) is 0 Å². The summed E-state index contributed by atoms with van der Waals surface area (Å²) < 4.78 is 47.1. The molecule has 0 N–H and O–H groups in total. The molecule has 8 nitrogen and oxygen atoms in total. The Morgan fingerprint density at radius 1 is 1.00 bits per heavy atom. The van der Waals surface area contributed by atoms with Crippen molar-refractivity contribution < 1.29 is 17.2 Å². The van der Waals surface area contributed by atoms with Gasteiger partial charge < -0.3 is 4.42 Å². The molecule has 1 aliphatic rings. The van der Waals surface area contributed by atoms with Crippen LogP contribution in [0, 0.1) is 5.82 Å². The highest BCUT2D eigenvalue weighted by Crippen LogP contribution is 2.38. The Morgan fingerprint density at radius 3 is 2.50 bits per heavy atom. The number of aromatic nitrogens is 4. The lowest BCUT2D eigenvalue weighted by Gasteiger charge is -2.13. The normalized spacial score (nSPS) is 16.7. The molecule has 6 rings (SSSR count). The quantitative estimate of drug-likeness (QED) is 0.343. The van der Waals surface area contributed by atoms with Gasteiger partial charge in [-0.15, -0.1) is 0 Å². The fourth-order valence-electron chi connectivity index (χ4n) is 4.62. The van der Waals surface area contributed by atoms with Crippen LogP contribution in [-0.4, -0.2) is 51.8 Å². The number of nitrogens with zero attached hydrogens (tertiary/aromatic N) is 5. The molecule has 3 aromatic heterocycles. The van der Waals surface area contributed by atoms with Crippen LogP contribution in [0.2, 0.25) is 0 Å². The molecule has 1 atom stereocenters. The second kappa shape index (κ2) is 8.65. The number of furan rings is 1. The average molecular weight is 504 g/mol. The molecule has 2 aromatic carbocycles. The maximum absolute atomic E-state index is 13.7. The largest absolute Gasteiger partial charge is 0.438 e. The van der Waals surface area contributed by atoms with Crippen molar-refractivity contribution in [2.45, 2.75) is 12.5 Å². The first kappa shape index (κ1) is 22.6. The number of hydrogen-bond donors (Lipinski definition) is 0. The molecule has 0 spiro atoms. The van der Waals surface area contributed by atoms with Crippen LogP contribution in [-0.2, 0) is 10.0 Å². The third-order valence-electron chi connectivity index (χ3n) is 6.46. The molecule has 10 heteroatoms. The first-order chi connectivity index (χ1) is 17.4. The van der Waals surface area contributed by atoms with Gasteiger partial charge in [0.2, 0.25) is 15.7 Å². The molecule has 0 aliphatic carbocycles. The zero-order valence-electron chi connectivity index (χ0n) is 19.4. The molecule has 182 valence electrons. The first-order valence-corrected chi connectivity index (χ1v) is 13.3. The molecule has 36 heavy (non-hydrogen) atoms. The maximum Gasteiger partial charge on any atom is 0.230 e. The Kier molecular flexibility index (Phi) is 5.42. The minimum atomic E-state index is -3.29. The van der Waals surface area contributed by atoms with Gasteiger partial charge in [0.1, 0.15) is 23.6 Å². The third kappa shape index (κ3) is 4.08. The third-order valence-corrected chi connectivity index (χ3v) is 7.73. The summed E-state index contributed by atoms with van der Waals surface area (Å²) in [5.74, 6) is 0.328. The lowest BCUT2D eigenvalue weighted by atomic mass is 10.0. The van der Waals surface area contributed by atoms with Crippen LogP contribution < -0.4 is 0 Å². The maximum atomic E-state index is 13.7. The van der Waals surface area contributed by atoms with Crippen molar-refractivity contribution in [2.24, 2.45) is 0 Å². The second-order valence-corrected chi connectivity index (χ2v) is 10.8. The lowest BCUT2D eigenvalue weighted by Crippen LogP contribution is -2.28. The van der Waals surface area contributed by atoms with Gasteiger partial charge in [-0.1, -0.05) is 30.3 Å². The Labute approximate surface area is 207 Å². The van der Waals surface area contributed by atoms with E-state index in [9.17, 15) is 12.8 Å². The van der Waals surface area contributed by atoms with Crippen molar-refractivity contribution in [3.05, 3.63) is 79.0 Å². The molecule has 5 aromatic rings. The van der Waals surface area contributed by atoms with Crippen LogP contribution in [0.25, 0.3) is 44.9 Å². The Morgan fingerprint density at radius 2 is 1.78 bits per heavy atom. The van der Waals surface area contributed by atoms with Crippen molar-refractivity contribution in [2.75, 3.05) is 19.3 Å². The molecule has 1 fully saturated rings. The van der Waals surface area contributed by atoms with Crippen molar-refractivity contribution in [1.29, 1.82) is 0 Å². The average Bonchev–Trinajstić information content (AvgIpc) is 3.62. The predicted octanol–water partition coefficient (Wildman–Crippen LogP) is 4.77. The van der Waals surface area contributed by atoms with Gasteiger partial charge in [0, 0.05) is 36.0 Å². The van der Waals surface area contributed by atoms with Gasteiger partial charge in [-0.05, 0) is 36.8 Å². The van der Waals surface area contributed by atoms with Gasteiger partial charge in [-0.25, -0.2) is 22.8 Å². The van der Waals surface area contributed by atoms with Gasteiger partial charge in [0.15, 0.2) is 0 Å². The highest BCUT2D eigenvalue weighted by molar-refractivity contribution is 7.88. The van der Waals surface area contributed by atoms with Gasteiger partial charge in [-0.2, -0.15) is 9.40 Å². The van der Waals surface area contributed by atoms with Gasteiger partial charge in [-0.3, -0.25) is 4.68 Å². The molecule has 0 unspecified atom stereocenters.